The van der Waals surface area contributed by atoms with Crippen molar-refractivity contribution in [2.45, 2.75) is 0 Å². The van der Waals surface area contributed by atoms with Gasteiger partial charge in [0.25, 0.3) is 0 Å². The molecule has 98 valence electrons. The highest BCUT2D eigenvalue weighted by Crippen LogP contribution is 2.15. The fraction of sp³-hybridized carbons (Fsp3) is 0.500. The number of nitrogens with zero attached hydrogens (tertiary/aromatic N) is 3. The second-order valence-electron chi connectivity index (χ2n) is 4.12. The van der Waals surface area contributed by atoms with Gasteiger partial charge in [-0.15, -0.1) is 0 Å². The Morgan fingerprint density at radius 1 is 1.50 bits per heavy atom. The molecule has 18 heavy (non-hydrogen) atoms. The van der Waals surface area contributed by atoms with Gasteiger partial charge in [0, 0.05) is 19.3 Å². The minimum Gasteiger partial charge on any atom is -0.396 e. The Morgan fingerprint density at radius 2 is 2.28 bits per heavy atom. The molecule has 0 saturated carbocycles. The van der Waals surface area contributed by atoms with Crippen molar-refractivity contribution in [1.82, 2.24) is 9.88 Å². The van der Waals surface area contributed by atoms with Crippen LogP contribution in [0.2, 0.25) is 0 Å². The third kappa shape index (κ3) is 4.99. The lowest BCUT2D eigenvalue weighted by Crippen LogP contribution is -2.20. The molecule has 1 aromatic heterocycles. The number of likely N-dealkylation sites (N-methyl/N-ethyl adjacent to an activating group) is 1. The van der Waals surface area contributed by atoms with Crippen LogP contribution in [-0.4, -0.2) is 50.3 Å². The number of rotatable bonds is 7. The summed E-state index contributed by atoms with van der Waals surface area (Å²) in [5.74, 6) is 0.588. The molecule has 0 fully saturated rings. The molecule has 0 radical (unpaired) electrons. The highest BCUT2D eigenvalue weighted by Gasteiger charge is 2.01. The summed E-state index contributed by atoms with van der Waals surface area (Å²) in [4.78, 5) is 6.14. The van der Waals surface area contributed by atoms with Gasteiger partial charge in [-0.1, -0.05) is 0 Å². The number of nitrogen functional groups attached to an aromatic ring is 1. The number of hydrogen-bond acceptors (Lipinski definition) is 6. The SMILES string of the molecule is CN(C)CCOCCNc1ncc(C#N)cc1N. The number of hydrogen-bond donors (Lipinski definition) is 2. The molecule has 0 amide bonds. The molecule has 0 aliphatic rings. The molecule has 0 aliphatic heterocycles. The average Bonchev–Trinajstić information content (AvgIpc) is 2.34. The summed E-state index contributed by atoms with van der Waals surface area (Å²) >= 11 is 0. The van der Waals surface area contributed by atoms with Gasteiger partial charge in [-0.25, -0.2) is 4.98 Å². The number of aromatic nitrogens is 1. The molecular weight excluding hydrogens is 230 g/mol. The molecule has 0 saturated heterocycles. The Kier molecular flexibility index (Phi) is 5.91. The van der Waals surface area contributed by atoms with E-state index >= 15 is 0 Å². The molecule has 1 heterocycles. The van der Waals surface area contributed by atoms with Crippen LogP contribution in [0.15, 0.2) is 12.3 Å². The van der Waals surface area contributed by atoms with E-state index in [1.807, 2.05) is 20.2 Å². The van der Waals surface area contributed by atoms with Crippen LogP contribution in [0.4, 0.5) is 11.5 Å². The number of nitriles is 1. The number of ether oxygens (including phenoxy) is 1. The first-order chi connectivity index (χ1) is 8.63. The van der Waals surface area contributed by atoms with Crippen molar-refractivity contribution in [2.75, 3.05) is 51.4 Å². The van der Waals surface area contributed by atoms with E-state index in [9.17, 15) is 0 Å². The highest BCUT2D eigenvalue weighted by atomic mass is 16.5. The summed E-state index contributed by atoms with van der Waals surface area (Å²) in [6.45, 7) is 2.83. The fourth-order valence-corrected chi connectivity index (χ4v) is 1.28. The second-order valence-corrected chi connectivity index (χ2v) is 4.12. The molecule has 0 unspecified atom stereocenters. The minimum atomic E-state index is 0.459. The molecular formula is C12H19N5O. The Hall–Kier alpha value is -1.84. The zero-order chi connectivity index (χ0) is 13.4. The van der Waals surface area contributed by atoms with Crippen LogP contribution < -0.4 is 11.1 Å². The summed E-state index contributed by atoms with van der Waals surface area (Å²) in [6.07, 6.45) is 1.49. The lowest BCUT2D eigenvalue weighted by atomic mass is 10.3. The van der Waals surface area contributed by atoms with Crippen molar-refractivity contribution in [3.63, 3.8) is 0 Å². The number of nitrogens with one attached hydrogen (secondary N) is 1. The molecule has 0 aromatic carbocycles. The van der Waals surface area contributed by atoms with Crippen molar-refractivity contribution >= 4 is 11.5 Å². The van der Waals surface area contributed by atoms with Crippen molar-refractivity contribution in [2.24, 2.45) is 0 Å². The molecule has 6 heteroatoms. The summed E-state index contributed by atoms with van der Waals surface area (Å²) in [5.41, 5.74) is 6.69. The smallest absolute Gasteiger partial charge is 0.149 e. The van der Waals surface area contributed by atoms with Gasteiger partial charge >= 0.3 is 0 Å². The molecule has 0 atom stereocenters. The maximum absolute atomic E-state index is 8.68. The monoisotopic (exact) mass is 249 g/mol. The normalized spacial score (nSPS) is 10.3. The van der Waals surface area contributed by atoms with Crippen molar-refractivity contribution in [1.29, 1.82) is 5.26 Å². The van der Waals surface area contributed by atoms with E-state index in [2.05, 4.69) is 15.2 Å². The Bertz CT molecular complexity index is 413. The van der Waals surface area contributed by atoms with Gasteiger partial charge in [-0.3, -0.25) is 0 Å². The van der Waals surface area contributed by atoms with Gasteiger partial charge in [-0.2, -0.15) is 5.26 Å². The van der Waals surface area contributed by atoms with Crippen molar-refractivity contribution in [3.05, 3.63) is 17.8 Å². The number of anilines is 2. The van der Waals surface area contributed by atoms with Gasteiger partial charge in [0.15, 0.2) is 0 Å². The van der Waals surface area contributed by atoms with Crippen LogP contribution >= 0.6 is 0 Å². The molecule has 1 aromatic rings. The highest BCUT2D eigenvalue weighted by molar-refractivity contribution is 5.62. The fourth-order valence-electron chi connectivity index (χ4n) is 1.28. The first-order valence-corrected chi connectivity index (χ1v) is 5.75. The molecule has 0 bridgehead atoms. The van der Waals surface area contributed by atoms with Crippen LogP contribution in [0.1, 0.15) is 5.56 Å². The first kappa shape index (κ1) is 14.2. The van der Waals surface area contributed by atoms with E-state index in [4.69, 9.17) is 15.7 Å². The molecule has 3 N–H and O–H groups in total. The topological polar surface area (TPSA) is 87.2 Å². The Labute approximate surface area is 107 Å². The quantitative estimate of drug-likeness (QED) is 0.685. The van der Waals surface area contributed by atoms with Crippen LogP contribution in [0, 0.1) is 11.3 Å². The number of pyridine rings is 1. The van der Waals surface area contributed by atoms with E-state index in [-0.39, 0.29) is 0 Å². The van der Waals surface area contributed by atoms with Gasteiger partial charge in [0.1, 0.15) is 11.9 Å². The largest absolute Gasteiger partial charge is 0.396 e. The second kappa shape index (κ2) is 7.48. The molecule has 0 spiro atoms. The zero-order valence-corrected chi connectivity index (χ0v) is 10.8. The summed E-state index contributed by atoms with van der Waals surface area (Å²) in [6, 6.07) is 3.59. The van der Waals surface area contributed by atoms with E-state index in [0.717, 1.165) is 6.54 Å². The van der Waals surface area contributed by atoms with Crippen molar-refractivity contribution in [3.8, 4) is 6.07 Å². The van der Waals surface area contributed by atoms with Gasteiger partial charge < -0.3 is 20.7 Å². The Morgan fingerprint density at radius 3 is 2.89 bits per heavy atom. The predicted octanol–water partition coefficient (Wildman–Crippen LogP) is 0.526. The van der Waals surface area contributed by atoms with E-state index < -0.39 is 0 Å². The lowest BCUT2D eigenvalue weighted by molar-refractivity contribution is 0.126. The number of nitrogens with two attached hydrogens (primary N) is 1. The average molecular weight is 249 g/mol. The summed E-state index contributed by atoms with van der Waals surface area (Å²) < 4.78 is 5.43. The first-order valence-electron chi connectivity index (χ1n) is 5.75. The van der Waals surface area contributed by atoms with Crippen LogP contribution in [0.25, 0.3) is 0 Å². The third-order valence-corrected chi connectivity index (χ3v) is 2.27. The zero-order valence-electron chi connectivity index (χ0n) is 10.8. The van der Waals surface area contributed by atoms with E-state index in [0.29, 0.717) is 36.8 Å². The van der Waals surface area contributed by atoms with Crippen molar-refractivity contribution < 1.29 is 4.74 Å². The van der Waals surface area contributed by atoms with Crippen LogP contribution in [0.3, 0.4) is 0 Å². The molecule has 1 rings (SSSR count). The van der Waals surface area contributed by atoms with Gasteiger partial charge in [-0.05, 0) is 20.2 Å². The Balaban J connectivity index is 2.25. The third-order valence-electron chi connectivity index (χ3n) is 2.27. The summed E-state index contributed by atoms with van der Waals surface area (Å²) in [7, 11) is 4.01. The van der Waals surface area contributed by atoms with Gasteiger partial charge in [0.05, 0.1) is 24.5 Å². The summed E-state index contributed by atoms with van der Waals surface area (Å²) in [5, 5.41) is 11.7. The van der Waals surface area contributed by atoms with Crippen LogP contribution in [-0.2, 0) is 4.74 Å². The predicted molar refractivity (Wildman–Crippen MR) is 71.2 cm³/mol. The van der Waals surface area contributed by atoms with Crippen LogP contribution in [0.5, 0.6) is 0 Å². The van der Waals surface area contributed by atoms with E-state index in [1.54, 1.807) is 6.07 Å². The maximum Gasteiger partial charge on any atom is 0.149 e. The lowest BCUT2D eigenvalue weighted by Gasteiger charge is -2.11. The van der Waals surface area contributed by atoms with Gasteiger partial charge in [0.2, 0.25) is 0 Å². The maximum atomic E-state index is 8.68. The van der Waals surface area contributed by atoms with E-state index in [1.165, 1.54) is 6.20 Å². The molecule has 0 aliphatic carbocycles. The standard InChI is InChI=1S/C12H19N5O/c1-17(2)4-6-18-5-3-15-12-11(14)7-10(8-13)9-16-12/h7,9H,3-6,14H2,1-2H3,(H,15,16). The minimum absolute atomic E-state index is 0.459. The molecule has 6 nitrogen and oxygen atoms in total.